The average molecular weight is 446 g/mol. The van der Waals surface area contributed by atoms with Crippen LogP contribution in [0.4, 0.5) is 18.9 Å². The molecular weight excluding hydrogens is 433 g/mol. The Bertz CT molecular complexity index is 1200. The highest BCUT2D eigenvalue weighted by molar-refractivity contribution is 7.99. The zero-order valence-corrected chi connectivity index (χ0v) is 16.4. The zero-order chi connectivity index (χ0) is 21.8. The van der Waals surface area contributed by atoms with Crippen molar-refractivity contribution in [3.8, 4) is 17.1 Å². The molecule has 4 aromatic rings. The van der Waals surface area contributed by atoms with E-state index in [1.807, 2.05) is 0 Å². The molecule has 31 heavy (non-hydrogen) atoms. The molecule has 1 N–H and O–H groups in total. The minimum atomic E-state index is -4.77. The van der Waals surface area contributed by atoms with Gasteiger partial charge in [-0.2, -0.15) is 9.61 Å². The minimum Gasteiger partial charge on any atom is -0.406 e. The number of anilines is 1. The summed E-state index contributed by atoms with van der Waals surface area (Å²) in [5.74, 6) is -0.109. The topological polar surface area (TPSA) is 94.3 Å². The molecular formula is C19H13F3N6O2S. The minimum absolute atomic E-state index is 0.0476. The Morgan fingerprint density at radius 2 is 1.77 bits per heavy atom. The maximum atomic E-state index is 12.2. The first kappa shape index (κ1) is 20.6. The Morgan fingerprint density at radius 1 is 1.03 bits per heavy atom. The number of thioether (sulfide) groups is 1. The SMILES string of the molecule is O=C(CSc1ccc2nnc(-c3ccncc3)n2n1)Nc1ccc(OC(F)(F)F)cc1. The fourth-order valence-electron chi connectivity index (χ4n) is 2.61. The summed E-state index contributed by atoms with van der Waals surface area (Å²) in [7, 11) is 0. The van der Waals surface area contributed by atoms with Crippen LogP contribution in [0, 0.1) is 0 Å². The molecule has 1 aromatic carbocycles. The number of rotatable bonds is 6. The lowest BCUT2D eigenvalue weighted by atomic mass is 10.2. The number of pyridine rings is 1. The second kappa shape index (κ2) is 8.60. The number of carbonyl (C=O) groups excluding carboxylic acids is 1. The van der Waals surface area contributed by atoms with E-state index in [2.05, 4.69) is 30.3 Å². The van der Waals surface area contributed by atoms with Crippen molar-refractivity contribution in [1.82, 2.24) is 24.8 Å². The molecule has 0 spiro atoms. The van der Waals surface area contributed by atoms with Gasteiger partial charge in [0.05, 0.1) is 5.75 Å². The molecule has 4 rings (SSSR count). The van der Waals surface area contributed by atoms with Gasteiger partial charge in [0.2, 0.25) is 5.91 Å². The normalized spacial score (nSPS) is 11.5. The number of halogens is 3. The largest absolute Gasteiger partial charge is 0.573 e. The van der Waals surface area contributed by atoms with Crippen molar-refractivity contribution in [2.45, 2.75) is 11.4 Å². The Kier molecular flexibility index (Phi) is 5.71. The van der Waals surface area contributed by atoms with Crippen LogP contribution in [-0.2, 0) is 4.79 Å². The van der Waals surface area contributed by atoms with Crippen LogP contribution < -0.4 is 10.1 Å². The number of ether oxygens (including phenoxy) is 1. The summed E-state index contributed by atoms with van der Waals surface area (Å²) in [5.41, 5.74) is 1.71. The number of nitrogens with zero attached hydrogens (tertiary/aromatic N) is 5. The van der Waals surface area contributed by atoms with Gasteiger partial charge < -0.3 is 10.1 Å². The third kappa shape index (κ3) is 5.28. The molecule has 0 atom stereocenters. The van der Waals surface area contributed by atoms with Crippen molar-refractivity contribution < 1.29 is 22.7 Å². The molecule has 0 saturated carbocycles. The van der Waals surface area contributed by atoms with Crippen LogP contribution in [0.5, 0.6) is 5.75 Å². The molecule has 0 unspecified atom stereocenters. The summed E-state index contributed by atoms with van der Waals surface area (Å²) < 4.78 is 42.0. The maximum Gasteiger partial charge on any atom is 0.573 e. The molecule has 3 heterocycles. The van der Waals surface area contributed by atoms with Crippen LogP contribution in [0.2, 0.25) is 0 Å². The maximum absolute atomic E-state index is 12.2. The molecule has 0 aliphatic carbocycles. The predicted molar refractivity (Wildman–Crippen MR) is 106 cm³/mol. The van der Waals surface area contributed by atoms with E-state index in [9.17, 15) is 18.0 Å². The van der Waals surface area contributed by atoms with Crippen LogP contribution in [-0.4, -0.2) is 42.8 Å². The second-order valence-corrected chi connectivity index (χ2v) is 7.11. The first-order valence-electron chi connectivity index (χ1n) is 8.79. The summed E-state index contributed by atoms with van der Waals surface area (Å²) in [6.45, 7) is 0. The average Bonchev–Trinajstić information content (AvgIpc) is 3.16. The molecule has 0 bridgehead atoms. The molecule has 0 aliphatic heterocycles. The first-order valence-corrected chi connectivity index (χ1v) is 9.77. The Labute approximate surface area is 177 Å². The molecule has 0 fully saturated rings. The van der Waals surface area contributed by atoms with Gasteiger partial charge in [-0.3, -0.25) is 9.78 Å². The lowest BCUT2D eigenvalue weighted by Gasteiger charge is -2.10. The number of benzene rings is 1. The van der Waals surface area contributed by atoms with Crippen LogP contribution >= 0.6 is 11.8 Å². The monoisotopic (exact) mass is 446 g/mol. The van der Waals surface area contributed by atoms with Crippen molar-refractivity contribution >= 4 is 29.0 Å². The first-order chi connectivity index (χ1) is 14.9. The molecule has 0 saturated heterocycles. The van der Waals surface area contributed by atoms with E-state index >= 15 is 0 Å². The highest BCUT2D eigenvalue weighted by Crippen LogP contribution is 2.24. The number of amides is 1. The van der Waals surface area contributed by atoms with Gasteiger partial charge in [0.25, 0.3) is 0 Å². The Balaban J connectivity index is 1.39. The van der Waals surface area contributed by atoms with Gasteiger partial charge in [0.1, 0.15) is 10.8 Å². The third-order valence-corrected chi connectivity index (χ3v) is 4.82. The van der Waals surface area contributed by atoms with Crippen molar-refractivity contribution in [3.63, 3.8) is 0 Å². The van der Waals surface area contributed by atoms with Crippen LogP contribution in [0.3, 0.4) is 0 Å². The molecule has 3 aromatic heterocycles. The lowest BCUT2D eigenvalue weighted by Crippen LogP contribution is -2.17. The van der Waals surface area contributed by atoms with Crippen molar-refractivity contribution in [2.24, 2.45) is 0 Å². The van der Waals surface area contributed by atoms with Gasteiger partial charge in [-0.1, -0.05) is 11.8 Å². The quantitative estimate of drug-likeness (QED) is 0.450. The van der Waals surface area contributed by atoms with E-state index < -0.39 is 6.36 Å². The third-order valence-electron chi connectivity index (χ3n) is 3.90. The van der Waals surface area contributed by atoms with Crippen molar-refractivity contribution in [3.05, 3.63) is 60.9 Å². The number of nitrogens with one attached hydrogen (secondary N) is 1. The van der Waals surface area contributed by atoms with Crippen LogP contribution in [0.1, 0.15) is 0 Å². The highest BCUT2D eigenvalue weighted by atomic mass is 32.2. The van der Waals surface area contributed by atoms with E-state index in [1.165, 1.54) is 23.9 Å². The summed E-state index contributed by atoms with van der Waals surface area (Å²) >= 11 is 1.20. The van der Waals surface area contributed by atoms with Gasteiger partial charge in [-0.15, -0.1) is 23.4 Å². The van der Waals surface area contributed by atoms with Gasteiger partial charge in [-0.25, -0.2) is 0 Å². The Hall–Kier alpha value is -3.67. The number of carbonyl (C=O) groups is 1. The number of hydrogen-bond acceptors (Lipinski definition) is 7. The van der Waals surface area contributed by atoms with E-state index in [1.54, 1.807) is 41.2 Å². The summed E-state index contributed by atoms with van der Waals surface area (Å²) in [5, 5.41) is 15.9. The predicted octanol–water partition coefficient (Wildman–Crippen LogP) is 3.82. The number of hydrogen-bond donors (Lipinski definition) is 1. The van der Waals surface area contributed by atoms with E-state index in [4.69, 9.17) is 0 Å². The standard InChI is InChI=1S/C19H13F3N6O2S/c20-19(21,22)30-14-3-1-13(2-4-14)24-16(29)11-31-17-6-5-15-25-26-18(28(15)27-17)12-7-9-23-10-8-12/h1-10H,11H2,(H,24,29). The molecule has 1 amide bonds. The molecule has 0 radical (unpaired) electrons. The Morgan fingerprint density at radius 3 is 2.48 bits per heavy atom. The fourth-order valence-corrected chi connectivity index (χ4v) is 3.26. The summed E-state index contributed by atoms with van der Waals surface area (Å²) in [6, 6.07) is 11.9. The van der Waals surface area contributed by atoms with Crippen LogP contribution in [0.25, 0.3) is 17.0 Å². The smallest absolute Gasteiger partial charge is 0.406 e. The summed E-state index contributed by atoms with van der Waals surface area (Å²) in [4.78, 5) is 16.2. The molecule has 158 valence electrons. The van der Waals surface area contributed by atoms with Gasteiger partial charge >= 0.3 is 6.36 Å². The van der Waals surface area contributed by atoms with Crippen LogP contribution in [0.15, 0.2) is 66.0 Å². The number of aromatic nitrogens is 5. The van der Waals surface area contributed by atoms with Crippen molar-refractivity contribution in [2.75, 3.05) is 11.1 Å². The highest BCUT2D eigenvalue weighted by Gasteiger charge is 2.30. The van der Waals surface area contributed by atoms with E-state index in [0.717, 1.165) is 17.7 Å². The van der Waals surface area contributed by atoms with Gasteiger partial charge in [0, 0.05) is 23.6 Å². The number of alkyl halides is 3. The zero-order valence-electron chi connectivity index (χ0n) is 15.6. The van der Waals surface area contributed by atoms with Gasteiger partial charge in [0.15, 0.2) is 11.5 Å². The van der Waals surface area contributed by atoms with E-state index in [-0.39, 0.29) is 17.4 Å². The van der Waals surface area contributed by atoms with Gasteiger partial charge in [-0.05, 0) is 48.5 Å². The lowest BCUT2D eigenvalue weighted by molar-refractivity contribution is -0.274. The number of fused-ring (bicyclic) bond motifs is 1. The molecule has 0 aliphatic rings. The molecule has 12 heteroatoms. The second-order valence-electron chi connectivity index (χ2n) is 6.11. The van der Waals surface area contributed by atoms with Crippen molar-refractivity contribution in [1.29, 1.82) is 0 Å². The summed E-state index contributed by atoms with van der Waals surface area (Å²) in [6.07, 6.45) is -1.49. The fraction of sp³-hybridized carbons (Fsp3) is 0.105. The molecule has 8 nitrogen and oxygen atoms in total. The van der Waals surface area contributed by atoms with E-state index in [0.29, 0.717) is 22.2 Å².